The number of hydrogen-bond donors (Lipinski definition) is 2. The van der Waals surface area contributed by atoms with Crippen LogP contribution in [0.15, 0.2) is 18.3 Å². The molecule has 4 rings (SSSR count). The summed E-state index contributed by atoms with van der Waals surface area (Å²) in [6.45, 7) is 5.95. The first kappa shape index (κ1) is 17.5. The van der Waals surface area contributed by atoms with Gasteiger partial charge in [0.1, 0.15) is 5.82 Å². The fourth-order valence-electron chi connectivity index (χ4n) is 3.46. The van der Waals surface area contributed by atoms with E-state index in [-0.39, 0.29) is 18.4 Å². The van der Waals surface area contributed by atoms with Crippen LogP contribution in [0.1, 0.15) is 42.6 Å². The number of ether oxygens (including phenoxy) is 2. The fraction of sp³-hybridized carbons (Fsp3) is 0.350. The predicted molar refractivity (Wildman–Crippen MR) is 104 cm³/mol. The van der Waals surface area contributed by atoms with E-state index in [1.54, 1.807) is 13.3 Å². The van der Waals surface area contributed by atoms with Gasteiger partial charge in [0.05, 0.1) is 35.5 Å². The molecule has 0 fully saturated rings. The van der Waals surface area contributed by atoms with E-state index in [1.807, 2.05) is 26.0 Å². The summed E-state index contributed by atoms with van der Waals surface area (Å²) >= 11 is 0. The van der Waals surface area contributed by atoms with Crippen LogP contribution in [0.25, 0.3) is 32.8 Å². The molecule has 27 heavy (non-hydrogen) atoms. The molecule has 0 aliphatic carbocycles. The van der Waals surface area contributed by atoms with Crippen molar-refractivity contribution < 1.29 is 14.3 Å². The number of carbonyl (C=O) groups is 1. The molecule has 0 radical (unpaired) electrons. The summed E-state index contributed by atoms with van der Waals surface area (Å²) in [4.78, 5) is 28.4. The topological polar surface area (TPSA) is 92.9 Å². The molecule has 0 saturated heterocycles. The lowest BCUT2D eigenvalue weighted by molar-refractivity contribution is 0.0366. The summed E-state index contributed by atoms with van der Waals surface area (Å²) in [5.41, 5.74) is 4.61. The maximum Gasteiger partial charge on any atom is 0.357 e. The van der Waals surface area contributed by atoms with Gasteiger partial charge in [-0.1, -0.05) is 6.92 Å². The molecule has 0 bridgehead atoms. The Balaban J connectivity index is 2.08. The van der Waals surface area contributed by atoms with Gasteiger partial charge >= 0.3 is 5.97 Å². The second kappa shape index (κ2) is 6.66. The summed E-state index contributed by atoms with van der Waals surface area (Å²) in [5, 5.41) is 1.86. The van der Waals surface area contributed by atoms with E-state index in [9.17, 15) is 4.79 Å². The van der Waals surface area contributed by atoms with Crippen molar-refractivity contribution in [3.8, 4) is 0 Å². The van der Waals surface area contributed by atoms with Crippen molar-refractivity contribution in [1.82, 2.24) is 19.9 Å². The van der Waals surface area contributed by atoms with Crippen LogP contribution in [0, 0.1) is 0 Å². The summed E-state index contributed by atoms with van der Waals surface area (Å²) in [6, 6.07) is 4.02. The van der Waals surface area contributed by atoms with E-state index in [0.717, 1.165) is 45.1 Å². The standard InChI is InChI=1S/C20H22N4O3/c1-5-15-23-13-7-6-12-17(19(13)24-15)16-11(9-26-4)18(20(25)27-10(2)3)21-8-14(16)22-12/h6-8,10,22H,5,9H2,1-4H3,(H,23,24). The number of methoxy groups -OCH3 is 1. The smallest absolute Gasteiger partial charge is 0.357 e. The first-order chi connectivity index (χ1) is 13.0. The molecular weight excluding hydrogens is 344 g/mol. The summed E-state index contributed by atoms with van der Waals surface area (Å²) < 4.78 is 10.8. The third-order valence-electron chi connectivity index (χ3n) is 4.56. The Morgan fingerprint density at radius 3 is 2.63 bits per heavy atom. The van der Waals surface area contributed by atoms with Crippen molar-refractivity contribution in [2.45, 2.75) is 39.9 Å². The largest absolute Gasteiger partial charge is 0.458 e. The molecule has 7 nitrogen and oxygen atoms in total. The Labute approximate surface area is 156 Å². The second-order valence-corrected chi connectivity index (χ2v) is 6.81. The molecular formula is C20H22N4O3. The van der Waals surface area contributed by atoms with Gasteiger partial charge in [-0.2, -0.15) is 0 Å². The quantitative estimate of drug-likeness (QED) is 0.523. The minimum absolute atomic E-state index is 0.224. The van der Waals surface area contributed by atoms with Gasteiger partial charge in [-0.05, 0) is 26.0 Å². The number of carbonyl (C=O) groups excluding carboxylic acids is 1. The maximum atomic E-state index is 12.6. The van der Waals surface area contributed by atoms with E-state index < -0.39 is 5.97 Å². The highest BCUT2D eigenvalue weighted by Crippen LogP contribution is 2.34. The zero-order valence-electron chi connectivity index (χ0n) is 15.8. The molecule has 3 heterocycles. The monoisotopic (exact) mass is 366 g/mol. The first-order valence-electron chi connectivity index (χ1n) is 9.04. The number of nitrogens with zero attached hydrogens (tertiary/aromatic N) is 2. The molecule has 1 aromatic carbocycles. The van der Waals surface area contributed by atoms with Gasteiger partial charge in [0.25, 0.3) is 0 Å². The Bertz CT molecular complexity index is 1160. The van der Waals surface area contributed by atoms with Crippen molar-refractivity contribution >= 4 is 38.8 Å². The first-order valence-corrected chi connectivity index (χ1v) is 9.04. The van der Waals surface area contributed by atoms with Crippen LogP contribution in [0.4, 0.5) is 0 Å². The van der Waals surface area contributed by atoms with Crippen molar-refractivity contribution in [3.63, 3.8) is 0 Å². The van der Waals surface area contributed by atoms with Crippen LogP contribution in [-0.2, 0) is 22.5 Å². The SMILES string of the molecule is CCc1nc2c(ccc3[nH]c4cnc(C(=O)OC(C)C)c(COC)c4c32)[nH]1. The van der Waals surface area contributed by atoms with Crippen molar-refractivity contribution in [2.75, 3.05) is 7.11 Å². The molecule has 3 aromatic heterocycles. The molecule has 4 aromatic rings. The van der Waals surface area contributed by atoms with Crippen LogP contribution in [-0.4, -0.2) is 39.1 Å². The van der Waals surface area contributed by atoms with E-state index in [2.05, 4.69) is 21.9 Å². The number of aryl methyl sites for hydroxylation is 1. The van der Waals surface area contributed by atoms with Crippen LogP contribution >= 0.6 is 0 Å². The third-order valence-corrected chi connectivity index (χ3v) is 4.56. The van der Waals surface area contributed by atoms with Gasteiger partial charge in [0, 0.05) is 35.4 Å². The number of H-pyrrole nitrogens is 2. The number of rotatable bonds is 5. The minimum Gasteiger partial charge on any atom is -0.458 e. The zero-order chi connectivity index (χ0) is 19.1. The summed E-state index contributed by atoms with van der Waals surface area (Å²) in [6.07, 6.45) is 2.26. The van der Waals surface area contributed by atoms with Crippen LogP contribution in [0.2, 0.25) is 0 Å². The summed E-state index contributed by atoms with van der Waals surface area (Å²) in [5.74, 6) is 0.477. The Morgan fingerprint density at radius 2 is 1.93 bits per heavy atom. The number of imidazole rings is 1. The minimum atomic E-state index is -0.447. The number of aromatic amines is 2. The zero-order valence-corrected chi connectivity index (χ0v) is 15.8. The molecule has 0 saturated carbocycles. The van der Waals surface area contributed by atoms with Crippen molar-refractivity contribution in [3.05, 3.63) is 35.4 Å². The van der Waals surface area contributed by atoms with Crippen LogP contribution in [0.5, 0.6) is 0 Å². The van der Waals surface area contributed by atoms with Gasteiger partial charge in [-0.15, -0.1) is 0 Å². The molecule has 2 N–H and O–H groups in total. The molecule has 0 aliphatic heterocycles. The van der Waals surface area contributed by atoms with E-state index in [4.69, 9.17) is 14.5 Å². The van der Waals surface area contributed by atoms with Crippen molar-refractivity contribution in [1.29, 1.82) is 0 Å². The molecule has 0 atom stereocenters. The highest BCUT2D eigenvalue weighted by Gasteiger charge is 2.22. The lowest BCUT2D eigenvalue weighted by Crippen LogP contribution is -2.15. The number of esters is 1. The lowest BCUT2D eigenvalue weighted by atomic mass is 10.0. The van der Waals surface area contributed by atoms with Crippen LogP contribution in [0.3, 0.4) is 0 Å². The predicted octanol–water partition coefficient (Wildman–Crippen LogP) is 3.87. The molecule has 0 unspecified atom stereocenters. The van der Waals surface area contributed by atoms with Gasteiger partial charge in [0.2, 0.25) is 0 Å². The maximum absolute atomic E-state index is 12.6. The second-order valence-electron chi connectivity index (χ2n) is 6.81. The Morgan fingerprint density at radius 1 is 1.15 bits per heavy atom. The number of fused-ring (bicyclic) bond motifs is 5. The van der Waals surface area contributed by atoms with E-state index in [0.29, 0.717) is 5.56 Å². The average molecular weight is 366 g/mol. The normalized spacial score (nSPS) is 11.9. The Hall–Kier alpha value is -2.93. The third kappa shape index (κ3) is 2.84. The molecule has 0 aliphatic rings. The molecule has 0 spiro atoms. The fourth-order valence-corrected chi connectivity index (χ4v) is 3.46. The van der Waals surface area contributed by atoms with Gasteiger partial charge in [0.15, 0.2) is 5.69 Å². The summed E-state index contributed by atoms with van der Waals surface area (Å²) in [7, 11) is 1.60. The van der Waals surface area contributed by atoms with E-state index in [1.165, 1.54) is 0 Å². The lowest BCUT2D eigenvalue weighted by Gasteiger charge is -2.12. The number of nitrogens with one attached hydrogen (secondary N) is 2. The Kier molecular flexibility index (Phi) is 4.31. The molecule has 0 amide bonds. The average Bonchev–Trinajstić information content (AvgIpc) is 3.21. The number of benzene rings is 1. The van der Waals surface area contributed by atoms with Crippen LogP contribution < -0.4 is 0 Å². The van der Waals surface area contributed by atoms with Gasteiger partial charge in [-0.25, -0.2) is 14.8 Å². The van der Waals surface area contributed by atoms with Crippen molar-refractivity contribution in [2.24, 2.45) is 0 Å². The van der Waals surface area contributed by atoms with Gasteiger partial charge < -0.3 is 19.4 Å². The van der Waals surface area contributed by atoms with Gasteiger partial charge in [-0.3, -0.25) is 0 Å². The highest BCUT2D eigenvalue weighted by atomic mass is 16.5. The number of pyridine rings is 1. The molecule has 7 heteroatoms. The number of aromatic nitrogens is 4. The van der Waals surface area contributed by atoms with E-state index >= 15 is 0 Å². The molecule has 140 valence electrons. The highest BCUT2D eigenvalue weighted by molar-refractivity contribution is 6.20. The number of hydrogen-bond acceptors (Lipinski definition) is 5.